The molecule has 0 saturated heterocycles. The number of hydrogen-bond donors (Lipinski definition) is 2. The van der Waals surface area contributed by atoms with Crippen LogP contribution >= 0.6 is 0 Å². The summed E-state index contributed by atoms with van der Waals surface area (Å²) in [5, 5.41) is 5.37. The molecule has 2 aromatic carbocycles. The zero-order valence-electron chi connectivity index (χ0n) is 13.0. The lowest BCUT2D eigenvalue weighted by Crippen LogP contribution is -2.15. The fourth-order valence-corrected chi connectivity index (χ4v) is 1.93. The Bertz CT molecular complexity index is 646. The minimum atomic E-state index is -0.182. The van der Waals surface area contributed by atoms with E-state index in [1.54, 1.807) is 48.5 Å². The number of carbonyl (C=O) groups excluding carboxylic acids is 2. The number of benzene rings is 2. The predicted molar refractivity (Wildman–Crippen MR) is 89.9 cm³/mol. The normalized spacial score (nSPS) is 9.65. The minimum absolute atomic E-state index is 0.0623. The molecule has 0 saturated carbocycles. The highest BCUT2D eigenvalue weighted by Crippen LogP contribution is 2.25. The molecule has 2 N–H and O–H groups in total. The van der Waals surface area contributed by atoms with Crippen molar-refractivity contribution in [2.24, 2.45) is 0 Å². The summed E-state index contributed by atoms with van der Waals surface area (Å²) in [6, 6.07) is 14.1. The molecule has 0 spiro atoms. The Morgan fingerprint density at radius 3 is 1.57 bits per heavy atom. The molecule has 118 valence electrons. The molecule has 2 rings (SSSR count). The molecule has 6 nitrogen and oxygen atoms in total. The van der Waals surface area contributed by atoms with Gasteiger partial charge in [0.15, 0.2) is 0 Å². The van der Waals surface area contributed by atoms with Crippen molar-refractivity contribution in [3.8, 4) is 11.5 Å². The first-order chi connectivity index (χ1) is 11.1. The van der Waals surface area contributed by atoms with E-state index >= 15 is 0 Å². The van der Waals surface area contributed by atoms with Crippen LogP contribution in [0.4, 0.5) is 11.4 Å². The summed E-state index contributed by atoms with van der Waals surface area (Å²) in [6.07, 6.45) is 0. The molecule has 0 heterocycles. The van der Waals surface area contributed by atoms with Crippen molar-refractivity contribution in [3.05, 3.63) is 48.5 Å². The van der Waals surface area contributed by atoms with Gasteiger partial charge in [-0.05, 0) is 24.3 Å². The molecule has 2 aromatic rings. The number of anilines is 2. The third-order valence-electron chi connectivity index (χ3n) is 2.82. The molecule has 7 heteroatoms. The van der Waals surface area contributed by atoms with Gasteiger partial charge in [-0.1, -0.05) is 24.3 Å². The number of rotatable bonds is 6. The molecule has 2 amide bonds. The maximum absolute atomic E-state index is 11.2. The molecule has 0 aliphatic heterocycles. The van der Waals surface area contributed by atoms with Gasteiger partial charge in [-0.2, -0.15) is 0 Å². The molecule has 0 unspecified atom stereocenters. The second-order valence-electron chi connectivity index (χ2n) is 4.76. The van der Waals surface area contributed by atoms with Gasteiger partial charge in [-0.15, -0.1) is 0 Å². The summed E-state index contributed by atoms with van der Waals surface area (Å²) in [5.41, 5.74) is 1.14. The zero-order chi connectivity index (χ0) is 16.7. The molecule has 0 aromatic heterocycles. The van der Waals surface area contributed by atoms with Crippen molar-refractivity contribution in [2.75, 3.05) is 10.6 Å². The molecule has 23 heavy (non-hydrogen) atoms. The van der Waals surface area contributed by atoms with Gasteiger partial charge in [-0.3, -0.25) is 9.59 Å². The number of carbonyl (C=O) groups is 2. The van der Waals surface area contributed by atoms with E-state index in [9.17, 15) is 9.59 Å². The smallest absolute Gasteiger partial charge is 0.527 e. The van der Waals surface area contributed by atoms with Crippen LogP contribution in [0.2, 0.25) is 0 Å². The Balaban J connectivity index is 2.01. The van der Waals surface area contributed by atoms with Gasteiger partial charge >= 0.3 is 7.69 Å². The lowest BCUT2D eigenvalue weighted by molar-refractivity contribution is -0.115. The van der Waals surface area contributed by atoms with E-state index < -0.39 is 0 Å². The quantitative estimate of drug-likeness (QED) is 0.803. The minimum Gasteiger partial charge on any atom is -0.527 e. The first-order valence-electron chi connectivity index (χ1n) is 7.05. The van der Waals surface area contributed by atoms with E-state index in [-0.39, 0.29) is 19.5 Å². The topological polar surface area (TPSA) is 76.7 Å². The Labute approximate surface area is 135 Å². The Morgan fingerprint density at radius 1 is 0.783 bits per heavy atom. The number of amides is 2. The van der Waals surface area contributed by atoms with Gasteiger partial charge in [0.25, 0.3) is 0 Å². The molecule has 0 atom stereocenters. The van der Waals surface area contributed by atoms with Crippen LogP contribution in [0.5, 0.6) is 11.5 Å². The van der Waals surface area contributed by atoms with Crippen LogP contribution < -0.4 is 19.9 Å². The standard InChI is InChI=1S/C16H17BN2O4/c1-11(20)18-13-7-3-5-9-15(13)22-17-23-16-10-6-4-8-14(16)19-12(2)21/h3-10,17H,1-2H3,(H,18,20)(H,19,21). The Kier molecular flexibility index (Phi) is 5.63. The SMILES string of the molecule is CC(=O)Nc1ccccc1OBOc1ccccc1NC(C)=O. The second kappa shape index (κ2) is 7.88. The summed E-state index contributed by atoms with van der Waals surface area (Å²) in [4.78, 5) is 22.3. The van der Waals surface area contributed by atoms with E-state index in [1.807, 2.05) is 0 Å². The summed E-state index contributed by atoms with van der Waals surface area (Å²) in [5.74, 6) is 0.635. The third-order valence-corrected chi connectivity index (χ3v) is 2.82. The van der Waals surface area contributed by atoms with Crippen LogP contribution in [-0.2, 0) is 9.59 Å². The van der Waals surface area contributed by atoms with Gasteiger partial charge < -0.3 is 19.9 Å². The second-order valence-corrected chi connectivity index (χ2v) is 4.76. The summed E-state index contributed by atoms with van der Waals surface area (Å²) < 4.78 is 11.1. The van der Waals surface area contributed by atoms with Gasteiger partial charge in [0.1, 0.15) is 11.5 Å². The van der Waals surface area contributed by atoms with E-state index in [1.165, 1.54) is 13.8 Å². The monoisotopic (exact) mass is 312 g/mol. The fourth-order valence-electron chi connectivity index (χ4n) is 1.93. The van der Waals surface area contributed by atoms with Crippen molar-refractivity contribution in [1.29, 1.82) is 0 Å². The Hall–Kier alpha value is -2.96. The highest BCUT2D eigenvalue weighted by molar-refractivity contribution is 6.21. The fraction of sp³-hybridized carbons (Fsp3) is 0.125. The third kappa shape index (κ3) is 5.07. The summed E-state index contributed by atoms with van der Waals surface area (Å²) in [6.45, 7) is 2.86. The Morgan fingerprint density at radius 2 is 1.17 bits per heavy atom. The predicted octanol–water partition coefficient (Wildman–Crippen LogP) is 2.33. The van der Waals surface area contributed by atoms with E-state index in [0.717, 1.165) is 0 Å². The van der Waals surface area contributed by atoms with Crippen molar-refractivity contribution < 1.29 is 18.9 Å². The van der Waals surface area contributed by atoms with Crippen LogP contribution in [0.15, 0.2) is 48.5 Å². The van der Waals surface area contributed by atoms with Gasteiger partial charge in [-0.25, -0.2) is 0 Å². The van der Waals surface area contributed by atoms with Gasteiger partial charge in [0.05, 0.1) is 11.4 Å². The molecule has 0 aliphatic rings. The summed E-state index contributed by atoms with van der Waals surface area (Å²) in [7, 11) is -0.0623. The average molecular weight is 312 g/mol. The molecule has 0 aliphatic carbocycles. The highest BCUT2D eigenvalue weighted by atomic mass is 16.6. The largest absolute Gasteiger partial charge is 0.576 e. The highest BCUT2D eigenvalue weighted by Gasteiger charge is 2.09. The lowest BCUT2D eigenvalue weighted by atomic mass is 10.2. The van der Waals surface area contributed by atoms with Crippen molar-refractivity contribution in [3.63, 3.8) is 0 Å². The summed E-state index contributed by atoms with van der Waals surface area (Å²) >= 11 is 0. The number of para-hydroxylation sites is 4. The van der Waals surface area contributed by atoms with Crippen molar-refractivity contribution >= 4 is 30.9 Å². The van der Waals surface area contributed by atoms with Crippen LogP contribution in [0.25, 0.3) is 0 Å². The average Bonchev–Trinajstić information content (AvgIpc) is 2.49. The molecular formula is C16H17BN2O4. The molecule has 0 fully saturated rings. The van der Waals surface area contributed by atoms with Crippen LogP contribution in [0.1, 0.15) is 13.8 Å². The van der Waals surface area contributed by atoms with Crippen LogP contribution in [-0.4, -0.2) is 19.5 Å². The maximum atomic E-state index is 11.2. The lowest BCUT2D eigenvalue weighted by Gasteiger charge is -2.14. The van der Waals surface area contributed by atoms with Gasteiger partial charge in [0.2, 0.25) is 11.8 Å². The number of hydrogen-bond acceptors (Lipinski definition) is 4. The maximum Gasteiger partial charge on any atom is 0.576 e. The van der Waals surface area contributed by atoms with Crippen LogP contribution in [0.3, 0.4) is 0 Å². The first-order valence-corrected chi connectivity index (χ1v) is 7.05. The van der Waals surface area contributed by atoms with E-state index in [4.69, 9.17) is 9.31 Å². The van der Waals surface area contributed by atoms with E-state index in [0.29, 0.717) is 22.9 Å². The molecule has 0 bridgehead atoms. The van der Waals surface area contributed by atoms with Crippen LogP contribution in [0, 0.1) is 0 Å². The zero-order valence-corrected chi connectivity index (χ0v) is 13.0. The van der Waals surface area contributed by atoms with E-state index in [2.05, 4.69) is 10.6 Å². The van der Waals surface area contributed by atoms with Gasteiger partial charge in [0, 0.05) is 13.8 Å². The number of nitrogens with one attached hydrogen (secondary N) is 2. The van der Waals surface area contributed by atoms with Crippen molar-refractivity contribution in [2.45, 2.75) is 13.8 Å². The first kappa shape index (κ1) is 16.4. The van der Waals surface area contributed by atoms with Crippen molar-refractivity contribution in [1.82, 2.24) is 0 Å². The molecule has 0 radical (unpaired) electrons. The molecular weight excluding hydrogens is 295 g/mol.